The van der Waals surface area contributed by atoms with Gasteiger partial charge >= 0.3 is 0 Å². The highest BCUT2D eigenvalue weighted by atomic mass is 35.5. The van der Waals surface area contributed by atoms with Gasteiger partial charge in [-0.2, -0.15) is 0 Å². The zero-order valence-corrected chi connectivity index (χ0v) is 15.4. The Morgan fingerprint density at radius 2 is 2.12 bits per heavy atom. The molecule has 0 aliphatic heterocycles. The zero-order valence-electron chi connectivity index (χ0n) is 14.7. The van der Waals surface area contributed by atoms with Gasteiger partial charge in [-0.25, -0.2) is 0 Å². The lowest BCUT2D eigenvalue weighted by atomic mass is 10.1. The van der Waals surface area contributed by atoms with Crippen LogP contribution in [-0.2, 0) is 4.79 Å². The second-order valence-corrected chi connectivity index (χ2v) is 6.44. The second-order valence-electron chi connectivity index (χ2n) is 6.03. The molecule has 4 nitrogen and oxygen atoms in total. The molecule has 0 aromatic heterocycles. The summed E-state index contributed by atoms with van der Waals surface area (Å²) >= 11 is 6.24. The summed E-state index contributed by atoms with van der Waals surface area (Å²) in [4.78, 5) is 14.4. The maximum Gasteiger partial charge on any atom is 0.246 e. The fraction of sp³-hybridized carbons (Fsp3) is 0.526. The normalized spacial score (nSPS) is 14.0. The summed E-state index contributed by atoms with van der Waals surface area (Å²) in [5, 5.41) is 0.471. The van der Waals surface area contributed by atoms with Crippen LogP contribution >= 0.6 is 11.6 Å². The molecular formula is C19H26ClNO3. The third-order valence-corrected chi connectivity index (χ3v) is 4.22. The number of hydrogen-bond acceptors (Lipinski definition) is 3. The third kappa shape index (κ3) is 5.17. The van der Waals surface area contributed by atoms with E-state index in [4.69, 9.17) is 21.1 Å². The van der Waals surface area contributed by atoms with E-state index < -0.39 is 0 Å². The first-order chi connectivity index (χ1) is 11.6. The monoisotopic (exact) mass is 351 g/mol. The number of ether oxygens (including phenoxy) is 2. The van der Waals surface area contributed by atoms with E-state index in [-0.39, 0.29) is 5.91 Å². The van der Waals surface area contributed by atoms with E-state index in [9.17, 15) is 4.79 Å². The molecular weight excluding hydrogens is 326 g/mol. The molecule has 1 amide bonds. The van der Waals surface area contributed by atoms with Gasteiger partial charge in [-0.15, -0.1) is 0 Å². The Bertz CT molecular complexity index is 597. The Morgan fingerprint density at radius 3 is 2.71 bits per heavy atom. The molecule has 0 saturated heterocycles. The molecule has 0 spiro atoms. The van der Waals surface area contributed by atoms with Crippen LogP contribution in [-0.4, -0.2) is 37.6 Å². The number of carbonyl (C=O) groups is 1. The molecule has 0 unspecified atom stereocenters. The van der Waals surface area contributed by atoms with Crippen LogP contribution in [0, 0.1) is 5.92 Å². The number of halogens is 1. The van der Waals surface area contributed by atoms with Crippen LogP contribution in [0.15, 0.2) is 18.2 Å². The average molecular weight is 352 g/mol. The summed E-state index contributed by atoms with van der Waals surface area (Å²) in [6.07, 6.45) is 6.85. The lowest BCUT2D eigenvalue weighted by Gasteiger charge is -2.20. The molecule has 1 aromatic rings. The van der Waals surface area contributed by atoms with E-state index in [0.29, 0.717) is 29.0 Å². The highest BCUT2D eigenvalue weighted by molar-refractivity contribution is 6.32. The van der Waals surface area contributed by atoms with Crippen LogP contribution in [0.3, 0.4) is 0 Å². The predicted octanol–water partition coefficient (Wildman–Crippen LogP) is 4.41. The van der Waals surface area contributed by atoms with E-state index in [1.54, 1.807) is 25.3 Å². The molecule has 0 atom stereocenters. The maximum absolute atomic E-state index is 12.4. The highest BCUT2D eigenvalue weighted by Crippen LogP contribution is 2.36. The minimum atomic E-state index is 0.0497. The van der Waals surface area contributed by atoms with Crippen molar-refractivity contribution in [3.8, 4) is 11.5 Å². The van der Waals surface area contributed by atoms with Crippen molar-refractivity contribution in [1.82, 2.24) is 4.90 Å². The molecule has 0 N–H and O–H groups in total. The van der Waals surface area contributed by atoms with Gasteiger partial charge in [0.15, 0.2) is 11.5 Å². The van der Waals surface area contributed by atoms with Crippen LogP contribution in [0.1, 0.15) is 38.7 Å². The first-order valence-electron chi connectivity index (χ1n) is 8.56. The van der Waals surface area contributed by atoms with Crippen LogP contribution in [0.5, 0.6) is 11.5 Å². The van der Waals surface area contributed by atoms with Crippen molar-refractivity contribution in [2.45, 2.75) is 33.1 Å². The molecule has 1 aromatic carbocycles. The Balaban J connectivity index is 2.12. The molecule has 0 radical (unpaired) electrons. The van der Waals surface area contributed by atoms with Gasteiger partial charge < -0.3 is 14.4 Å². The van der Waals surface area contributed by atoms with Crippen molar-refractivity contribution in [2.75, 3.05) is 26.8 Å². The van der Waals surface area contributed by atoms with Crippen LogP contribution in [0.4, 0.5) is 0 Å². The Hall–Kier alpha value is -1.68. The van der Waals surface area contributed by atoms with Gasteiger partial charge in [0, 0.05) is 19.2 Å². The topological polar surface area (TPSA) is 38.8 Å². The number of amides is 1. The quantitative estimate of drug-likeness (QED) is 0.618. The van der Waals surface area contributed by atoms with Crippen molar-refractivity contribution < 1.29 is 14.3 Å². The Kier molecular flexibility index (Phi) is 6.98. The molecule has 1 aliphatic carbocycles. The lowest BCUT2D eigenvalue weighted by molar-refractivity contribution is -0.126. The largest absolute Gasteiger partial charge is 0.491 e. The molecule has 1 saturated carbocycles. The van der Waals surface area contributed by atoms with Gasteiger partial charge in [0.1, 0.15) is 0 Å². The molecule has 1 aliphatic rings. The number of carbonyl (C=O) groups excluding carboxylic acids is 1. The lowest BCUT2D eigenvalue weighted by Crippen LogP contribution is -2.32. The third-order valence-electron chi connectivity index (χ3n) is 3.93. The molecule has 5 heteroatoms. The zero-order chi connectivity index (χ0) is 17.5. The van der Waals surface area contributed by atoms with Crippen LogP contribution in [0.25, 0.3) is 6.08 Å². The summed E-state index contributed by atoms with van der Waals surface area (Å²) in [5.74, 6) is 1.84. The first kappa shape index (κ1) is 18.7. The summed E-state index contributed by atoms with van der Waals surface area (Å²) < 4.78 is 10.8. The highest BCUT2D eigenvalue weighted by Gasteiger charge is 2.25. The fourth-order valence-corrected chi connectivity index (χ4v) is 2.89. The number of hydrogen-bond donors (Lipinski definition) is 0. The van der Waals surface area contributed by atoms with E-state index in [1.807, 2.05) is 17.9 Å². The standard InChI is InChI=1S/C19H26ClNO3/c1-4-10-21(13-14-6-7-14)18(22)9-8-15-11-16(20)19(23-3)17(12-15)24-5-2/h8-9,11-12,14H,4-7,10,13H2,1-3H3. The molecule has 132 valence electrons. The van der Waals surface area contributed by atoms with E-state index in [0.717, 1.165) is 25.1 Å². The van der Waals surface area contributed by atoms with Crippen molar-refractivity contribution in [2.24, 2.45) is 5.92 Å². The van der Waals surface area contributed by atoms with E-state index in [1.165, 1.54) is 12.8 Å². The summed E-state index contributed by atoms with van der Waals surface area (Å²) in [5.41, 5.74) is 0.820. The van der Waals surface area contributed by atoms with Gasteiger partial charge in [0.2, 0.25) is 5.91 Å². The minimum Gasteiger partial charge on any atom is -0.491 e. The van der Waals surface area contributed by atoms with E-state index >= 15 is 0 Å². The van der Waals surface area contributed by atoms with Gasteiger partial charge in [-0.05, 0) is 55.9 Å². The Labute approximate surface area is 149 Å². The van der Waals surface area contributed by atoms with Gasteiger partial charge in [-0.1, -0.05) is 18.5 Å². The Morgan fingerprint density at radius 1 is 1.38 bits per heavy atom. The van der Waals surface area contributed by atoms with Gasteiger partial charge in [0.25, 0.3) is 0 Å². The first-order valence-corrected chi connectivity index (χ1v) is 8.94. The van der Waals surface area contributed by atoms with E-state index in [2.05, 4.69) is 6.92 Å². The number of benzene rings is 1. The summed E-state index contributed by atoms with van der Waals surface area (Å²) in [6, 6.07) is 3.61. The molecule has 1 fully saturated rings. The molecule has 24 heavy (non-hydrogen) atoms. The van der Waals surface area contributed by atoms with Gasteiger partial charge in [-0.3, -0.25) is 4.79 Å². The van der Waals surface area contributed by atoms with Crippen molar-refractivity contribution in [3.63, 3.8) is 0 Å². The predicted molar refractivity (Wildman–Crippen MR) is 97.8 cm³/mol. The van der Waals surface area contributed by atoms with Crippen molar-refractivity contribution in [3.05, 3.63) is 28.8 Å². The van der Waals surface area contributed by atoms with Crippen LogP contribution in [0.2, 0.25) is 5.02 Å². The smallest absolute Gasteiger partial charge is 0.246 e. The van der Waals surface area contributed by atoms with Crippen molar-refractivity contribution >= 4 is 23.6 Å². The fourth-order valence-electron chi connectivity index (χ4n) is 2.59. The molecule has 0 heterocycles. The number of rotatable bonds is 9. The van der Waals surface area contributed by atoms with Crippen molar-refractivity contribution in [1.29, 1.82) is 0 Å². The summed E-state index contributed by atoms with van der Waals surface area (Å²) in [7, 11) is 1.56. The minimum absolute atomic E-state index is 0.0497. The SMILES string of the molecule is CCCN(CC1CC1)C(=O)C=Cc1cc(Cl)c(OC)c(OCC)c1. The number of methoxy groups -OCH3 is 1. The van der Waals surface area contributed by atoms with Crippen LogP contribution < -0.4 is 9.47 Å². The average Bonchev–Trinajstić information content (AvgIpc) is 3.36. The summed E-state index contributed by atoms with van der Waals surface area (Å²) in [6.45, 7) is 6.18. The molecule has 0 bridgehead atoms. The number of nitrogens with zero attached hydrogens (tertiary/aromatic N) is 1. The second kappa shape index (κ2) is 8.97. The maximum atomic E-state index is 12.4. The van der Waals surface area contributed by atoms with Gasteiger partial charge in [0.05, 0.1) is 18.7 Å². The molecule has 2 rings (SSSR count).